The van der Waals surface area contributed by atoms with E-state index in [0.29, 0.717) is 29.9 Å². The molecule has 1 aromatic heterocycles. The number of ether oxygens (including phenoxy) is 1. The Hall–Kier alpha value is -1.84. The summed E-state index contributed by atoms with van der Waals surface area (Å²) >= 11 is 15.6. The SMILES string of the molecule is CC(C)(C)OC(=O)N1CCN2c3c(c(Cl)nc4c(F)c(Br)c(Cl)cc34)NC(=O)[C@H]2C1. The van der Waals surface area contributed by atoms with Gasteiger partial charge in [-0.05, 0) is 42.8 Å². The van der Waals surface area contributed by atoms with Crippen LogP contribution >= 0.6 is 39.1 Å². The van der Waals surface area contributed by atoms with Crippen molar-refractivity contribution in [2.45, 2.75) is 32.4 Å². The largest absolute Gasteiger partial charge is 0.444 e. The fourth-order valence-electron chi connectivity index (χ4n) is 3.64. The van der Waals surface area contributed by atoms with Gasteiger partial charge in [0.15, 0.2) is 11.0 Å². The first-order valence-corrected chi connectivity index (χ1v) is 10.7. The standard InChI is InChI=1S/C19H18BrCl2FN4O3/c1-19(2,3)30-18(29)26-4-5-27-10(7-26)17(28)25-14-15(27)8-6-9(21)11(20)12(23)13(8)24-16(14)22/h6,10H,4-5,7H2,1-3H3,(H,25,28)/t10-/m1/s1. The number of pyridine rings is 1. The number of anilines is 2. The average molecular weight is 520 g/mol. The Labute approximate surface area is 190 Å². The number of nitrogens with zero attached hydrogens (tertiary/aromatic N) is 3. The Morgan fingerprint density at radius 1 is 1.37 bits per heavy atom. The van der Waals surface area contributed by atoms with Crippen molar-refractivity contribution in [3.05, 3.63) is 26.5 Å². The smallest absolute Gasteiger partial charge is 0.410 e. The molecule has 0 radical (unpaired) electrons. The summed E-state index contributed by atoms with van der Waals surface area (Å²) in [7, 11) is 0. The van der Waals surface area contributed by atoms with Gasteiger partial charge in [-0.3, -0.25) is 4.79 Å². The van der Waals surface area contributed by atoms with Crippen molar-refractivity contribution in [1.82, 2.24) is 9.88 Å². The van der Waals surface area contributed by atoms with E-state index >= 15 is 0 Å². The highest BCUT2D eigenvalue weighted by atomic mass is 79.9. The predicted molar refractivity (Wildman–Crippen MR) is 117 cm³/mol. The molecule has 0 saturated carbocycles. The number of rotatable bonds is 0. The van der Waals surface area contributed by atoms with Crippen LogP contribution in [0.25, 0.3) is 10.9 Å². The van der Waals surface area contributed by atoms with Crippen molar-refractivity contribution in [3.63, 3.8) is 0 Å². The summed E-state index contributed by atoms with van der Waals surface area (Å²) in [5.41, 5.74) is 0.229. The summed E-state index contributed by atoms with van der Waals surface area (Å²) in [6.45, 7) is 6.11. The Morgan fingerprint density at radius 2 is 2.07 bits per heavy atom. The maximum absolute atomic E-state index is 14.8. The lowest BCUT2D eigenvalue weighted by atomic mass is 10.0. The van der Waals surface area contributed by atoms with Gasteiger partial charge in [0.2, 0.25) is 5.91 Å². The third-order valence-corrected chi connectivity index (χ3v) is 6.49. The van der Waals surface area contributed by atoms with E-state index in [2.05, 4.69) is 26.2 Å². The average Bonchev–Trinajstić information content (AvgIpc) is 2.66. The second-order valence-corrected chi connectivity index (χ2v) is 9.69. The van der Waals surface area contributed by atoms with Crippen LogP contribution in [0.15, 0.2) is 10.5 Å². The molecule has 1 fully saturated rings. The third kappa shape index (κ3) is 3.56. The molecule has 2 aliphatic rings. The number of carbonyl (C=O) groups is 2. The van der Waals surface area contributed by atoms with Gasteiger partial charge >= 0.3 is 6.09 Å². The van der Waals surface area contributed by atoms with Gasteiger partial charge in [-0.15, -0.1) is 0 Å². The molecule has 0 unspecified atom stereocenters. The van der Waals surface area contributed by atoms with Crippen LogP contribution in [0.4, 0.5) is 20.6 Å². The van der Waals surface area contributed by atoms with E-state index in [1.54, 1.807) is 26.8 Å². The van der Waals surface area contributed by atoms with E-state index in [4.69, 9.17) is 27.9 Å². The van der Waals surface area contributed by atoms with E-state index in [1.165, 1.54) is 4.90 Å². The first kappa shape index (κ1) is 21.4. The minimum absolute atomic E-state index is 0.0213. The molecule has 30 heavy (non-hydrogen) atoms. The molecule has 1 atom stereocenters. The zero-order valence-electron chi connectivity index (χ0n) is 16.4. The summed E-state index contributed by atoms with van der Waals surface area (Å²) in [5.74, 6) is -0.967. The number of carbonyl (C=O) groups excluding carboxylic acids is 2. The van der Waals surface area contributed by atoms with Crippen LogP contribution in [0.3, 0.4) is 0 Å². The molecular formula is C19H18BrCl2FN4O3. The van der Waals surface area contributed by atoms with Gasteiger partial charge in [0.05, 0.1) is 21.7 Å². The van der Waals surface area contributed by atoms with E-state index in [0.717, 1.165) is 0 Å². The Bertz CT molecular complexity index is 1090. The van der Waals surface area contributed by atoms with E-state index < -0.39 is 23.6 Å². The van der Waals surface area contributed by atoms with Crippen molar-refractivity contribution in [3.8, 4) is 0 Å². The monoisotopic (exact) mass is 518 g/mol. The molecule has 2 amide bonds. The third-order valence-electron chi connectivity index (χ3n) is 4.91. The summed E-state index contributed by atoms with van der Waals surface area (Å²) < 4.78 is 20.3. The molecule has 0 bridgehead atoms. The van der Waals surface area contributed by atoms with Crippen LogP contribution in [0.2, 0.25) is 10.2 Å². The van der Waals surface area contributed by atoms with E-state index in [1.807, 2.05) is 4.90 Å². The zero-order chi connectivity index (χ0) is 22.0. The quantitative estimate of drug-likeness (QED) is 0.399. The highest BCUT2D eigenvalue weighted by Gasteiger charge is 2.42. The Balaban J connectivity index is 1.78. The first-order valence-electron chi connectivity index (χ1n) is 9.20. The molecule has 1 N–H and O–H groups in total. The number of hydrogen-bond donors (Lipinski definition) is 1. The van der Waals surface area contributed by atoms with Gasteiger partial charge in [0.1, 0.15) is 22.8 Å². The molecule has 1 saturated heterocycles. The predicted octanol–water partition coefficient (Wildman–Crippen LogP) is 4.82. The summed E-state index contributed by atoms with van der Waals surface area (Å²) in [4.78, 5) is 32.7. The van der Waals surface area contributed by atoms with Crippen molar-refractivity contribution < 1.29 is 18.7 Å². The fourth-order valence-corrected chi connectivity index (χ4v) is 4.36. The van der Waals surface area contributed by atoms with Crippen LogP contribution < -0.4 is 10.2 Å². The molecule has 2 aromatic rings. The molecule has 7 nitrogen and oxygen atoms in total. The van der Waals surface area contributed by atoms with Gasteiger partial charge in [-0.25, -0.2) is 14.2 Å². The molecular weight excluding hydrogens is 502 g/mol. The molecule has 160 valence electrons. The molecule has 0 aliphatic carbocycles. The number of amides is 2. The fraction of sp³-hybridized carbons (Fsp3) is 0.421. The summed E-state index contributed by atoms with van der Waals surface area (Å²) in [6.07, 6.45) is -0.489. The van der Waals surface area contributed by atoms with Crippen LogP contribution in [0, 0.1) is 5.82 Å². The van der Waals surface area contributed by atoms with Gasteiger partial charge in [-0.1, -0.05) is 23.2 Å². The van der Waals surface area contributed by atoms with Crippen molar-refractivity contribution in [2.75, 3.05) is 29.9 Å². The van der Waals surface area contributed by atoms with Crippen molar-refractivity contribution in [2.24, 2.45) is 0 Å². The summed E-state index contributed by atoms with van der Waals surface area (Å²) in [6, 6.07) is 0.895. The molecule has 11 heteroatoms. The highest BCUT2D eigenvalue weighted by Crippen LogP contribution is 2.45. The van der Waals surface area contributed by atoms with Crippen molar-refractivity contribution in [1.29, 1.82) is 0 Å². The minimum atomic E-state index is -0.689. The van der Waals surface area contributed by atoms with Gasteiger partial charge in [0, 0.05) is 18.5 Å². The van der Waals surface area contributed by atoms with Gasteiger partial charge in [0.25, 0.3) is 0 Å². The van der Waals surface area contributed by atoms with Crippen molar-refractivity contribution >= 4 is 73.4 Å². The zero-order valence-corrected chi connectivity index (χ0v) is 19.5. The molecule has 2 aliphatic heterocycles. The maximum atomic E-state index is 14.8. The van der Waals surface area contributed by atoms with E-state index in [9.17, 15) is 14.0 Å². The number of hydrogen-bond acceptors (Lipinski definition) is 5. The lowest BCUT2D eigenvalue weighted by Gasteiger charge is -2.45. The van der Waals surface area contributed by atoms with E-state index in [-0.39, 0.29) is 32.6 Å². The Kier molecular flexibility index (Phi) is 5.27. The molecule has 1 aromatic carbocycles. The number of fused-ring (bicyclic) bond motifs is 5. The van der Waals surface area contributed by atoms with Gasteiger partial charge < -0.3 is 19.9 Å². The number of halogens is 4. The number of nitrogens with one attached hydrogen (secondary N) is 1. The van der Waals surface area contributed by atoms with Gasteiger partial charge in [-0.2, -0.15) is 0 Å². The molecule has 3 heterocycles. The van der Waals surface area contributed by atoms with Crippen LogP contribution in [-0.4, -0.2) is 53.2 Å². The number of aromatic nitrogens is 1. The molecule has 4 rings (SSSR count). The lowest BCUT2D eigenvalue weighted by Crippen LogP contribution is -2.61. The van der Waals surface area contributed by atoms with Crippen LogP contribution in [0.5, 0.6) is 0 Å². The minimum Gasteiger partial charge on any atom is -0.444 e. The van der Waals surface area contributed by atoms with Crippen LogP contribution in [0.1, 0.15) is 20.8 Å². The second-order valence-electron chi connectivity index (χ2n) is 8.13. The number of piperazine rings is 1. The highest BCUT2D eigenvalue weighted by molar-refractivity contribution is 9.10. The number of benzene rings is 1. The lowest BCUT2D eigenvalue weighted by molar-refractivity contribution is -0.118. The topological polar surface area (TPSA) is 74.8 Å². The normalized spacial score (nSPS) is 18.8. The molecule has 0 spiro atoms. The second kappa shape index (κ2) is 7.39. The first-order chi connectivity index (χ1) is 14.0. The summed E-state index contributed by atoms with van der Waals surface area (Å²) in [5, 5.41) is 3.33. The maximum Gasteiger partial charge on any atom is 0.410 e. The Morgan fingerprint density at radius 3 is 2.73 bits per heavy atom. The van der Waals surface area contributed by atoms with Crippen LogP contribution in [-0.2, 0) is 9.53 Å².